The van der Waals surface area contributed by atoms with Gasteiger partial charge in [0.2, 0.25) is 0 Å². The van der Waals surface area contributed by atoms with E-state index in [1.165, 1.54) is 4.90 Å². The van der Waals surface area contributed by atoms with Crippen LogP contribution in [-0.2, 0) is 6.54 Å². The summed E-state index contributed by atoms with van der Waals surface area (Å²) in [5.41, 5.74) is 3.14. The number of urea groups is 1. The van der Waals surface area contributed by atoms with E-state index in [1.807, 2.05) is 37.3 Å². The molecule has 5 nitrogen and oxygen atoms in total. The predicted molar refractivity (Wildman–Crippen MR) is 90.8 cm³/mol. The van der Waals surface area contributed by atoms with E-state index in [4.69, 9.17) is 16.1 Å². The molecule has 6 heteroatoms. The Morgan fingerprint density at radius 3 is 2.91 bits per heavy atom. The Hall–Kier alpha value is -2.53. The molecule has 0 radical (unpaired) electrons. The van der Waals surface area contributed by atoms with Crippen molar-refractivity contribution in [3.63, 3.8) is 0 Å². The molecule has 0 atom stereocenters. The monoisotopic (exact) mass is 329 g/mol. The van der Waals surface area contributed by atoms with Crippen molar-refractivity contribution in [3.8, 4) is 0 Å². The Bertz CT molecular complexity index is 860. The summed E-state index contributed by atoms with van der Waals surface area (Å²) in [6, 6.07) is 12.8. The highest BCUT2D eigenvalue weighted by molar-refractivity contribution is 6.31. The van der Waals surface area contributed by atoms with Gasteiger partial charge in [-0.2, -0.15) is 0 Å². The zero-order valence-corrected chi connectivity index (χ0v) is 13.6. The molecule has 0 aliphatic rings. The number of fused-ring (bicyclic) bond motifs is 1. The normalized spacial score (nSPS) is 10.7. The minimum absolute atomic E-state index is 0.234. The van der Waals surface area contributed by atoms with Crippen molar-refractivity contribution < 1.29 is 9.32 Å². The molecule has 2 aromatic carbocycles. The Labute approximate surface area is 138 Å². The second-order valence-electron chi connectivity index (χ2n) is 5.27. The molecule has 23 heavy (non-hydrogen) atoms. The Balaban J connectivity index is 1.73. The minimum Gasteiger partial charge on any atom is -0.356 e. The van der Waals surface area contributed by atoms with Gasteiger partial charge in [0, 0.05) is 23.1 Å². The number of aromatic nitrogens is 1. The molecule has 0 saturated carbocycles. The molecule has 1 N–H and O–H groups in total. The number of benzene rings is 2. The quantitative estimate of drug-likeness (QED) is 0.785. The van der Waals surface area contributed by atoms with Gasteiger partial charge in [0.15, 0.2) is 5.58 Å². The first kappa shape index (κ1) is 15.4. The third kappa shape index (κ3) is 3.14. The van der Waals surface area contributed by atoms with Crippen molar-refractivity contribution >= 4 is 34.3 Å². The molecule has 0 aliphatic heterocycles. The standard InChI is InChI=1S/C17H16ClN3O2/c1-11-7-8-12(18)9-15(11)21(2)17(22)19-10-14-13-5-3-4-6-16(13)23-20-14/h3-9H,10H2,1-2H3,(H,19,22). The summed E-state index contributed by atoms with van der Waals surface area (Å²) < 4.78 is 5.23. The van der Waals surface area contributed by atoms with Gasteiger partial charge >= 0.3 is 6.03 Å². The molecule has 0 fully saturated rings. The van der Waals surface area contributed by atoms with Gasteiger partial charge < -0.3 is 9.84 Å². The summed E-state index contributed by atoms with van der Waals surface area (Å²) in [4.78, 5) is 13.9. The van der Waals surface area contributed by atoms with E-state index in [0.717, 1.165) is 16.6 Å². The van der Waals surface area contributed by atoms with Crippen molar-refractivity contribution in [2.75, 3.05) is 11.9 Å². The van der Waals surface area contributed by atoms with Crippen LogP contribution in [0.15, 0.2) is 47.0 Å². The number of halogens is 1. The van der Waals surface area contributed by atoms with Crippen LogP contribution in [0.4, 0.5) is 10.5 Å². The number of aryl methyl sites for hydroxylation is 1. The van der Waals surface area contributed by atoms with E-state index in [1.54, 1.807) is 19.2 Å². The lowest BCUT2D eigenvalue weighted by atomic mass is 10.2. The molecule has 2 amide bonds. The van der Waals surface area contributed by atoms with Gasteiger partial charge in [0.1, 0.15) is 5.69 Å². The third-order valence-electron chi connectivity index (χ3n) is 3.70. The van der Waals surface area contributed by atoms with Gasteiger partial charge in [-0.3, -0.25) is 4.90 Å². The van der Waals surface area contributed by atoms with Crippen LogP contribution < -0.4 is 10.2 Å². The number of para-hydroxylation sites is 1. The summed E-state index contributed by atoms with van der Waals surface area (Å²) in [6.07, 6.45) is 0. The van der Waals surface area contributed by atoms with Crippen LogP contribution in [0.3, 0.4) is 0 Å². The molecule has 3 aromatic rings. The number of nitrogens with zero attached hydrogens (tertiary/aromatic N) is 2. The summed E-state index contributed by atoms with van der Waals surface area (Å²) in [5, 5.41) is 8.33. The zero-order valence-electron chi connectivity index (χ0n) is 12.8. The molecule has 0 spiro atoms. The maximum absolute atomic E-state index is 12.4. The van der Waals surface area contributed by atoms with Crippen molar-refractivity contribution in [1.29, 1.82) is 0 Å². The van der Waals surface area contributed by atoms with E-state index in [9.17, 15) is 4.79 Å². The Morgan fingerprint density at radius 1 is 1.30 bits per heavy atom. The SMILES string of the molecule is Cc1ccc(Cl)cc1N(C)C(=O)NCc1noc2ccccc12. The average Bonchev–Trinajstić information content (AvgIpc) is 2.97. The summed E-state index contributed by atoms with van der Waals surface area (Å²) in [7, 11) is 1.70. The van der Waals surface area contributed by atoms with Crippen LogP contribution in [-0.4, -0.2) is 18.2 Å². The molecule has 1 aromatic heterocycles. The molecule has 0 unspecified atom stereocenters. The van der Waals surface area contributed by atoms with Crippen molar-refractivity contribution in [3.05, 3.63) is 58.7 Å². The molecule has 3 rings (SSSR count). The van der Waals surface area contributed by atoms with Gasteiger partial charge in [-0.05, 0) is 36.8 Å². The van der Waals surface area contributed by atoms with Gasteiger partial charge in [-0.1, -0.05) is 35.0 Å². The first-order valence-electron chi connectivity index (χ1n) is 7.17. The average molecular weight is 330 g/mol. The maximum atomic E-state index is 12.4. The second kappa shape index (κ2) is 6.30. The lowest BCUT2D eigenvalue weighted by Crippen LogP contribution is -2.37. The summed E-state index contributed by atoms with van der Waals surface area (Å²) >= 11 is 6.01. The van der Waals surface area contributed by atoms with Crippen LogP contribution >= 0.6 is 11.6 Å². The van der Waals surface area contributed by atoms with E-state index in [2.05, 4.69) is 10.5 Å². The number of carbonyl (C=O) groups excluding carboxylic acids is 1. The largest absolute Gasteiger partial charge is 0.356 e. The molecular weight excluding hydrogens is 314 g/mol. The number of anilines is 1. The lowest BCUT2D eigenvalue weighted by molar-refractivity contribution is 0.247. The molecule has 0 saturated heterocycles. The highest BCUT2D eigenvalue weighted by Crippen LogP contribution is 2.23. The van der Waals surface area contributed by atoms with Crippen molar-refractivity contribution in [2.45, 2.75) is 13.5 Å². The second-order valence-corrected chi connectivity index (χ2v) is 5.71. The fraction of sp³-hybridized carbons (Fsp3) is 0.176. The highest BCUT2D eigenvalue weighted by atomic mass is 35.5. The van der Waals surface area contributed by atoms with Crippen LogP contribution in [0.1, 0.15) is 11.3 Å². The fourth-order valence-corrected chi connectivity index (χ4v) is 2.56. The van der Waals surface area contributed by atoms with Crippen LogP contribution in [0.2, 0.25) is 5.02 Å². The first-order chi connectivity index (χ1) is 11.1. The van der Waals surface area contributed by atoms with Gasteiger partial charge in [0.25, 0.3) is 0 Å². The van der Waals surface area contributed by atoms with Crippen molar-refractivity contribution in [2.24, 2.45) is 0 Å². The zero-order chi connectivity index (χ0) is 16.4. The van der Waals surface area contributed by atoms with Gasteiger partial charge in [-0.15, -0.1) is 0 Å². The van der Waals surface area contributed by atoms with E-state index in [0.29, 0.717) is 22.8 Å². The number of carbonyl (C=O) groups is 1. The smallest absolute Gasteiger partial charge is 0.321 e. The molecule has 118 valence electrons. The Morgan fingerprint density at radius 2 is 2.09 bits per heavy atom. The highest BCUT2D eigenvalue weighted by Gasteiger charge is 2.15. The number of amides is 2. The molecule has 1 heterocycles. The van der Waals surface area contributed by atoms with E-state index >= 15 is 0 Å². The fourth-order valence-electron chi connectivity index (χ4n) is 2.40. The van der Waals surface area contributed by atoms with Crippen LogP contribution in [0, 0.1) is 6.92 Å². The van der Waals surface area contributed by atoms with Crippen LogP contribution in [0.5, 0.6) is 0 Å². The number of hydrogen-bond acceptors (Lipinski definition) is 3. The predicted octanol–water partition coefficient (Wildman–Crippen LogP) is 4.14. The summed E-state index contributed by atoms with van der Waals surface area (Å²) in [6.45, 7) is 2.22. The maximum Gasteiger partial charge on any atom is 0.321 e. The van der Waals surface area contributed by atoms with Gasteiger partial charge in [0.05, 0.1) is 6.54 Å². The third-order valence-corrected chi connectivity index (χ3v) is 3.93. The number of rotatable bonds is 3. The first-order valence-corrected chi connectivity index (χ1v) is 7.55. The van der Waals surface area contributed by atoms with E-state index < -0.39 is 0 Å². The van der Waals surface area contributed by atoms with Gasteiger partial charge in [-0.25, -0.2) is 4.79 Å². The Kier molecular flexibility index (Phi) is 4.21. The lowest BCUT2D eigenvalue weighted by Gasteiger charge is -2.20. The molecule has 0 aliphatic carbocycles. The minimum atomic E-state index is -0.234. The van der Waals surface area contributed by atoms with Crippen LogP contribution in [0.25, 0.3) is 11.0 Å². The van der Waals surface area contributed by atoms with Crippen molar-refractivity contribution in [1.82, 2.24) is 10.5 Å². The summed E-state index contributed by atoms with van der Waals surface area (Å²) in [5.74, 6) is 0. The molecular formula is C17H16ClN3O2. The van der Waals surface area contributed by atoms with E-state index in [-0.39, 0.29) is 6.03 Å². The molecule has 0 bridgehead atoms. The number of nitrogens with one attached hydrogen (secondary N) is 1. The number of hydrogen-bond donors (Lipinski definition) is 1. The topological polar surface area (TPSA) is 58.4 Å².